The summed E-state index contributed by atoms with van der Waals surface area (Å²) >= 11 is 0. The summed E-state index contributed by atoms with van der Waals surface area (Å²) in [6.07, 6.45) is 4.17. The van der Waals surface area contributed by atoms with Crippen LogP contribution in [0.2, 0.25) is 0 Å². The van der Waals surface area contributed by atoms with Crippen LogP contribution < -0.4 is 4.74 Å². The maximum atomic E-state index is 12.4. The Labute approximate surface area is 156 Å². The van der Waals surface area contributed by atoms with Gasteiger partial charge in [-0.15, -0.1) is 0 Å². The summed E-state index contributed by atoms with van der Waals surface area (Å²) < 4.78 is 11.6. The highest BCUT2D eigenvalue weighted by molar-refractivity contribution is 5.82. The van der Waals surface area contributed by atoms with Gasteiger partial charge in [-0.25, -0.2) is 0 Å². The molecule has 2 atom stereocenters. The van der Waals surface area contributed by atoms with Gasteiger partial charge in [0.25, 0.3) is 0 Å². The van der Waals surface area contributed by atoms with Gasteiger partial charge in [0.1, 0.15) is 17.1 Å². The Balaban J connectivity index is 2.09. The van der Waals surface area contributed by atoms with Gasteiger partial charge in [-0.2, -0.15) is 0 Å². The molecule has 3 rings (SSSR count). The molecule has 0 radical (unpaired) electrons. The molecule has 1 heterocycles. The number of esters is 1. The summed E-state index contributed by atoms with van der Waals surface area (Å²) in [4.78, 5) is 12.4. The van der Waals surface area contributed by atoms with E-state index in [1.54, 1.807) is 13.0 Å². The summed E-state index contributed by atoms with van der Waals surface area (Å²) in [5, 5.41) is 10.9. The zero-order valence-corrected chi connectivity index (χ0v) is 16.7. The van der Waals surface area contributed by atoms with Crippen molar-refractivity contribution < 1.29 is 19.4 Å². The average Bonchev–Trinajstić information content (AvgIpc) is 2.53. The van der Waals surface area contributed by atoms with E-state index in [-0.39, 0.29) is 23.2 Å². The molecule has 142 valence electrons. The lowest BCUT2D eigenvalue weighted by atomic mass is 9.67. The molecule has 2 aliphatic rings. The zero-order valence-electron chi connectivity index (χ0n) is 16.7. The summed E-state index contributed by atoms with van der Waals surface area (Å²) in [6.45, 7) is 12.1. The Kier molecular flexibility index (Phi) is 4.58. The topological polar surface area (TPSA) is 55.8 Å². The van der Waals surface area contributed by atoms with E-state index in [1.807, 2.05) is 19.9 Å². The van der Waals surface area contributed by atoms with E-state index < -0.39 is 5.41 Å². The SMILES string of the molecule is CCOC(=O)C(C)(C)c1cc(O)c2c(c1)OC(C)(C)C1CC=C(C)CC21. The highest BCUT2D eigenvalue weighted by Gasteiger charge is 2.46. The maximum absolute atomic E-state index is 12.4. The van der Waals surface area contributed by atoms with Gasteiger partial charge in [-0.3, -0.25) is 4.79 Å². The molecule has 26 heavy (non-hydrogen) atoms. The third kappa shape index (κ3) is 3.00. The van der Waals surface area contributed by atoms with Gasteiger partial charge < -0.3 is 14.6 Å². The van der Waals surface area contributed by atoms with E-state index in [0.717, 1.165) is 18.4 Å². The Hall–Kier alpha value is -1.97. The molecule has 0 saturated heterocycles. The summed E-state index contributed by atoms with van der Waals surface area (Å²) in [7, 11) is 0. The number of hydrogen-bond acceptors (Lipinski definition) is 4. The molecule has 0 spiro atoms. The van der Waals surface area contributed by atoms with Gasteiger partial charge in [-0.1, -0.05) is 11.6 Å². The first-order valence-electron chi connectivity index (χ1n) is 9.47. The Morgan fingerprint density at radius 3 is 2.73 bits per heavy atom. The fourth-order valence-corrected chi connectivity index (χ4v) is 4.35. The molecule has 0 aromatic heterocycles. The number of carbonyl (C=O) groups is 1. The highest BCUT2D eigenvalue weighted by atomic mass is 16.5. The molecular weight excluding hydrogens is 328 g/mol. The first kappa shape index (κ1) is 18.8. The van der Waals surface area contributed by atoms with Crippen LogP contribution in [0.1, 0.15) is 71.4 Å². The van der Waals surface area contributed by atoms with Crippen LogP contribution in [0.4, 0.5) is 0 Å². The second-order valence-electron chi connectivity index (χ2n) is 8.66. The number of carbonyl (C=O) groups excluding carboxylic acids is 1. The molecular formula is C22H30O4. The molecule has 1 N–H and O–H groups in total. The van der Waals surface area contributed by atoms with E-state index in [2.05, 4.69) is 26.8 Å². The highest BCUT2D eigenvalue weighted by Crippen LogP contribution is 2.54. The van der Waals surface area contributed by atoms with Crippen molar-refractivity contribution in [3.05, 3.63) is 34.9 Å². The van der Waals surface area contributed by atoms with Crippen LogP contribution in [0.5, 0.6) is 11.5 Å². The molecule has 1 aliphatic heterocycles. The smallest absolute Gasteiger partial charge is 0.315 e. The monoisotopic (exact) mass is 358 g/mol. The maximum Gasteiger partial charge on any atom is 0.315 e. The first-order chi connectivity index (χ1) is 12.1. The first-order valence-corrected chi connectivity index (χ1v) is 9.47. The van der Waals surface area contributed by atoms with Gasteiger partial charge in [-0.05, 0) is 72.1 Å². The fourth-order valence-electron chi connectivity index (χ4n) is 4.35. The quantitative estimate of drug-likeness (QED) is 0.620. The number of ether oxygens (including phenoxy) is 2. The molecule has 1 aliphatic carbocycles. The third-order valence-corrected chi connectivity index (χ3v) is 6.01. The number of benzene rings is 1. The Morgan fingerprint density at radius 2 is 2.08 bits per heavy atom. The third-order valence-electron chi connectivity index (χ3n) is 6.01. The van der Waals surface area contributed by atoms with Gasteiger partial charge in [0.15, 0.2) is 0 Å². The predicted octanol–water partition coefficient (Wildman–Crippen LogP) is 4.84. The number of hydrogen-bond donors (Lipinski definition) is 1. The lowest BCUT2D eigenvalue weighted by Crippen LogP contribution is -2.45. The van der Waals surface area contributed by atoms with Crippen molar-refractivity contribution in [3.63, 3.8) is 0 Å². The van der Waals surface area contributed by atoms with Crippen LogP contribution in [0.15, 0.2) is 23.8 Å². The minimum Gasteiger partial charge on any atom is -0.508 e. The summed E-state index contributed by atoms with van der Waals surface area (Å²) in [5.41, 5.74) is 1.77. The van der Waals surface area contributed by atoms with E-state index in [0.29, 0.717) is 23.8 Å². The minimum atomic E-state index is -0.852. The van der Waals surface area contributed by atoms with Crippen molar-refractivity contribution >= 4 is 5.97 Å². The molecule has 2 unspecified atom stereocenters. The molecule has 0 saturated carbocycles. The van der Waals surface area contributed by atoms with Gasteiger partial charge >= 0.3 is 5.97 Å². The summed E-state index contributed by atoms with van der Waals surface area (Å²) in [5.74, 6) is 1.17. The molecule has 4 heteroatoms. The lowest BCUT2D eigenvalue weighted by molar-refractivity contribution is -0.148. The van der Waals surface area contributed by atoms with Crippen LogP contribution in [-0.4, -0.2) is 23.3 Å². The molecule has 0 fully saturated rings. The molecule has 1 aromatic carbocycles. The Bertz CT molecular complexity index is 758. The Morgan fingerprint density at radius 1 is 1.38 bits per heavy atom. The van der Waals surface area contributed by atoms with Crippen LogP contribution in [-0.2, 0) is 14.9 Å². The van der Waals surface area contributed by atoms with Gasteiger partial charge in [0.2, 0.25) is 0 Å². The normalized spacial score (nSPS) is 24.0. The summed E-state index contributed by atoms with van der Waals surface area (Å²) in [6, 6.07) is 3.62. The predicted molar refractivity (Wildman–Crippen MR) is 102 cm³/mol. The van der Waals surface area contributed by atoms with Crippen molar-refractivity contribution in [2.24, 2.45) is 5.92 Å². The minimum absolute atomic E-state index is 0.218. The van der Waals surface area contributed by atoms with E-state index in [4.69, 9.17) is 9.47 Å². The van der Waals surface area contributed by atoms with E-state index >= 15 is 0 Å². The van der Waals surface area contributed by atoms with Crippen molar-refractivity contribution in [1.29, 1.82) is 0 Å². The van der Waals surface area contributed by atoms with E-state index in [1.165, 1.54) is 5.57 Å². The number of aromatic hydroxyl groups is 1. The second kappa shape index (κ2) is 6.33. The van der Waals surface area contributed by atoms with Crippen molar-refractivity contribution in [1.82, 2.24) is 0 Å². The largest absolute Gasteiger partial charge is 0.508 e. The van der Waals surface area contributed by atoms with Crippen LogP contribution in [0.25, 0.3) is 0 Å². The van der Waals surface area contributed by atoms with Gasteiger partial charge in [0.05, 0.1) is 12.0 Å². The van der Waals surface area contributed by atoms with Crippen LogP contribution in [0.3, 0.4) is 0 Å². The molecule has 0 bridgehead atoms. The van der Waals surface area contributed by atoms with Crippen molar-refractivity contribution in [2.45, 2.75) is 71.3 Å². The average molecular weight is 358 g/mol. The number of fused-ring (bicyclic) bond motifs is 3. The molecule has 0 amide bonds. The molecule has 1 aromatic rings. The number of phenols is 1. The fraction of sp³-hybridized carbons (Fsp3) is 0.591. The lowest BCUT2D eigenvalue weighted by Gasteiger charge is -2.47. The second-order valence-corrected chi connectivity index (χ2v) is 8.66. The molecule has 4 nitrogen and oxygen atoms in total. The van der Waals surface area contributed by atoms with Crippen LogP contribution >= 0.6 is 0 Å². The number of phenolic OH excluding ortho intramolecular Hbond substituents is 1. The number of allylic oxidation sites excluding steroid dienone is 2. The van der Waals surface area contributed by atoms with Gasteiger partial charge in [0, 0.05) is 17.4 Å². The van der Waals surface area contributed by atoms with Crippen molar-refractivity contribution in [2.75, 3.05) is 6.61 Å². The van der Waals surface area contributed by atoms with E-state index in [9.17, 15) is 9.90 Å². The van der Waals surface area contributed by atoms with Crippen LogP contribution in [0, 0.1) is 5.92 Å². The zero-order chi connectivity index (χ0) is 19.3. The number of rotatable bonds is 3. The van der Waals surface area contributed by atoms with Crippen molar-refractivity contribution in [3.8, 4) is 11.5 Å². The standard InChI is InChI=1S/C22H30O4/c1-7-25-20(24)21(3,4)14-11-17(23)19-15-10-13(2)8-9-16(15)22(5,6)26-18(19)12-14/h8,11-12,15-16,23H,7,9-10H2,1-6H3.